The van der Waals surface area contributed by atoms with Crippen molar-refractivity contribution in [3.05, 3.63) is 47.5 Å². The van der Waals surface area contributed by atoms with Crippen molar-refractivity contribution in [1.29, 1.82) is 0 Å². The van der Waals surface area contributed by atoms with Crippen LogP contribution in [-0.4, -0.2) is 6.21 Å². The van der Waals surface area contributed by atoms with Crippen molar-refractivity contribution < 1.29 is 4.39 Å². The summed E-state index contributed by atoms with van der Waals surface area (Å²) in [6.45, 7) is 0.395. The van der Waals surface area contributed by atoms with Gasteiger partial charge in [-0.15, -0.1) is 0 Å². The molecule has 4 N–H and O–H groups in total. The van der Waals surface area contributed by atoms with Crippen LogP contribution in [0.25, 0.3) is 0 Å². The first-order valence-electron chi connectivity index (χ1n) is 4.14. The molecule has 0 bridgehead atoms. The molecule has 0 radical (unpaired) electrons. The Morgan fingerprint density at radius 3 is 2.93 bits per heavy atom. The number of hydrogen-bond donors (Lipinski definition) is 2. The highest BCUT2D eigenvalue weighted by molar-refractivity contribution is 5.76. The lowest BCUT2D eigenvalue weighted by Gasteiger charge is -1.95. The van der Waals surface area contributed by atoms with E-state index in [0.717, 1.165) is 5.56 Å². The van der Waals surface area contributed by atoms with Crippen LogP contribution in [0.2, 0.25) is 0 Å². The molecule has 1 aromatic carbocycles. The van der Waals surface area contributed by atoms with E-state index in [0.29, 0.717) is 12.2 Å². The molecular formula is C10H12FN3. The third-order valence-corrected chi connectivity index (χ3v) is 1.60. The zero-order valence-electron chi connectivity index (χ0n) is 7.65. The molecule has 0 unspecified atom stereocenters. The van der Waals surface area contributed by atoms with Crippen molar-refractivity contribution in [2.75, 3.05) is 0 Å². The van der Waals surface area contributed by atoms with Crippen LogP contribution < -0.4 is 11.5 Å². The molecule has 14 heavy (non-hydrogen) atoms. The van der Waals surface area contributed by atoms with Crippen molar-refractivity contribution in [2.24, 2.45) is 16.5 Å². The molecule has 1 rings (SSSR count). The lowest BCUT2D eigenvalue weighted by atomic mass is 10.2. The molecule has 3 nitrogen and oxygen atoms in total. The fourth-order valence-electron chi connectivity index (χ4n) is 0.935. The molecular weight excluding hydrogens is 181 g/mol. The molecule has 0 atom stereocenters. The number of benzene rings is 1. The Bertz CT molecular complexity index is 358. The summed E-state index contributed by atoms with van der Waals surface area (Å²) in [6.07, 6.45) is 2.71. The van der Waals surface area contributed by atoms with Crippen LogP contribution in [-0.2, 0) is 6.54 Å². The Kier molecular flexibility index (Phi) is 3.67. The number of rotatable bonds is 3. The van der Waals surface area contributed by atoms with Gasteiger partial charge in [0.2, 0.25) is 0 Å². The van der Waals surface area contributed by atoms with E-state index in [1.165, 1.54) is 24.5 Å². The smallest absolute Gasteiger partial charge is 0.123 e. The van der Waals surface area contributed by atoms with E-state index < -0.39 is 0 Å². The first-order chi connectivity index (χ1) is 6.72. The summed E-state index contributed by atoms with van der Waals surface area (Å²) in [5, 5.41) is 0. The predicted octanol–water partition coefficient (Wildman–Crippen LogP) is 1.16. The van der Waals surface area contributed by atoms with Crippen LogP contribution in [0.15, 0.2) is 41.2 Å². The molecule has 0 saturated heterocycles. The van der Waals surface area contributed by atoms with Gasteiger partial charge in [-0.3, -0.25) is 4.99 Å². The van der Waals surface area contributed by atoms with Crippen LogP contribution in [0.3, 0.4) is 0 Å². The highest BCUT2D eigenvalue weighted by atomic mass is 19.1. The van der Waals surface area contributed by atoms with Gasteiger partial charge in [0.25, 0.3) is 0 Å². The van der Waals surface area contributed by atoms with Gasteiger partial charge in [-0.05, 0) is 17.7 Å². The minimum absolute atomic E-state index is 0.264. The first-order valence-corrected chi connectivity index (χ1v) is 4.14. The Labute approximate surface area is 81.9 Å². The number of allylic oxidation sites excluding steroid dienone is 1. The number of hydrogen-bond acceptors (Lipinski definition) is 3. The van der Waals surface area contributed by atoms with Gasteiger partial charge in [0.15, 0.2) is 0 Å². The molecule has 0 amide bonds. The number of nitrogens with two attached hydrogens (primary N) is 2. The van der Waals surface area contributed by atoms with Gasteiger partial charge in [-0.1, -0.05) is 12.1 Å². The van der Waals surface area contributed by atoms with Crippen molar-refractivity contribution in [2.45, 2.75) is 6.54 Å². The van der Waals surface area contributed by atoms with E-state index in [-0.39, 0.29) is 5.82 Å². The van der Waals surface area contributed by atoms with Gasteiger partial charge in [-0.2, -0.15) is 0 Å². The van der Waals surface area contributed by atoms with Crippen molar-refractivity contribution in [3.8, 4) is 0 Å². The zero-order valence-corrected chi connectivity index (χ0v) is 7.65. The highest BCUT2D eigenvalue weighted by Gasteiger charge is 1.92. The average molecular weight is 193 g/mol. The number of halogens is 1. The van der Waals surface area contributed by atoms with E-state index in [4.69, 9.17) is 11.5 Å². The quantitative estimate of drug-likeness (QED) is 0.707. The molecule has 74 valence electrons. The van der Waals surface area contributed by atoms with E-state index in [1.807, 2.05) is 0 Å². The van der Waals surface area contributed by atoms with Crippen LogP contribution in [0.4, 0.5) is 4.39 Å². The van der Waals surface area contributed by atoms with E-state index in [9.17, 15) is 4.39 Å². The van der Waals surface area contributed by atoms with Crippen molar-refractivity contribution in [1.82, 2.24) is 0 Å². The second-order valence-electron chi connectivity index (χ2n) is 2.77. The SMILES string of the molecule is N/C=C(/N)C=NCc1cccc(F)c1. The topological polar surface area (TPSA) is 64.4 Å². The zero-order chi connectivity index (χ0) is 10.4. The summed E-state index contributed by atoms with van der Waals surface area (Å²) in [7, 11) is 0. The molecule has 0 spiro atoms. The van der Waals surface area contributed by atoms with Crippen molar-refractivity contribution in [3.63, 3.8) is 0 Å². The highest BCUT2D eigenvalue weighted by Crippen LogP contribution is 2.04. The van der Waals surface area contributed by atoms with Crippen LogP contribution in [0.5, 0.6) is 0 Å². The summed E-state index contributed by atoms with van der Waals surface area (Å²) >= 11 is 0. The summed E-state index contributed by atoms with van der Waals surface area (Å²) < 4.78 is 12.7. The predicted molar refractivity (Wildman–Crippen MR) is 55.1 cm³/mol. The monoisotopic (exact) mass is 193 g/mol. The summed E-state index contributed by atoms with van der Waals surface area (Å²) in [4.78, 5) is 3.99. The maximum absolute atomic E-state index is 12.7. The lowest BCUT2D eigenvalue weighted by molar-refractivity contribution is 0.625. The van der Waals surface area contributed by atoms with Crippen LogP contribution in [0.1, 0.15) is 5.56 Å². The van der Waals surface area contributed by atoms with Crippen LogP contribution in [0, 0.1) is 5.82 Å². The van der Waals surface area contributed by atoms with Gasteiger partial charge in [0.1, 0.15) is 5.82 Å². The molecule has 0 heterocycles. The molecule has 0 fully saturated rings. The molecule has 0 aliphatic carbocycles. The Morgan fingerprint density at radius 2 is 2.29 bits per heavy atom. The molecule has 0 aliphatic heterocycles. The van der Waals surface area contributed by atoms with Gasteiger partial charge in [0, 0.05) is 12.4 Å². The minimum Gasteiger partial charge on any atom is -0.403 e. The third-order valence-electron chi connectivity index (χ3n) is 1.60. The van der Waals surface area contributed by atoms with Gasteiger partial charge in [0.05, 0.1) is 12.2 Å². The van der Waals surface area contributed by atoms with Gasteiger partial charge < -0.3 is 11.5 Å². The fourth-order valence-corrected chi connectivity index (χ4v) is 0.935. The van der Waals surface area contributed by atoms with Crippen LogP contribution >= 0.6 is 0 Å². The van der Waals surface area contributed by atoms with Crippen molar-refractivity contribution >= 4 is 6.21 Å². The molecule has 0 aliphatic rings. The second kappa shape index (κ2) is 5.01. The molecule has 0 aromatic heterocycles. The summed E-state index contributed by atoms with van der Waals surface area (Å²) in [6, 6.07) is 6.26. The Morgan fingerprint density at radius 1 is 1.50 bits per heavy atom. The van der Waals surface area contributed by atoms with E-state index in [2.05, 4.69) is 4.99 Å². The molecule has 4 heteroatoms. The standard InChI is InChI=1S/C10H12FN3/c11-9-3-1-2-8(4-9)6-14-7-10(13)5-12/h1-5,7H,6,12-13H2/b10-5+,14-7?. The largest absolute Gasteiger partial charge is 0.403 e. The first kappa shape index (κ1) is 10.2. The average Bonchev–Trinajstić information content (AvgIpc) is 2.17. The Balaban J connectivity index is 2.58. The lowest BCUT2D eigenvalue weighted by Crippen LogP contribution is -2.01. The van der Waals surface area contributed by atoms with Gasteiger partial charge in [-0.25, -0.2) is 4.39 Å². The molecule has 0 saturated carbocycles. The summed E-state index contributed by atoms with van der Waals surface area (Å²) in [5.74, 6) is -0.264. The summed E-state index contributed by atoms with van der Waals surface area (Å²) in [5.41, 5.74) is 11.7. The van der Waals surface area contributed by atoms with E-state index >= 15 is 0 Å². The minimum atomic E-state index is -0.264. The third kappa shape index (κ3) is 3.26. The number of aliphatic imine (C=N–C) groups is 1. The maximum Gasteiger partial charge on any atom is 0.123 e. The fraction of sp³-hybridized carbons (Fsp3) is 0.100. The number of nitrogens with zero attached hydrogens (tertiary/aromatic N) is 1. The van der Waals surface area contributed by atoms with Gasteiger partial charge >= 0.3 is 0 Å². The normalized spacial score (nSPS) is 12.2. The maximum atomic E-state index is 12.7. The van der Waals surface area contributed by atoms with E-state index in [1.54, 1.807) is 12.1 Å². The molecule has 1 aromatic rings. The second-order valence-corrected chi connectivity index (χ2v) is 2.77. The Hall–Kier alpha value is -1.84.